The van der Waals surface area contributed by atoms with Gasteiger partial charge in [-0.15, -0.1) is 12.4 Å². The molecule has 1 aromatic carbocycles. The third-order valence-corrected chi connectivity index (χ3v) is 4.85. The Morgan fingerprint density at radius 2 is 1.91 bits per heavy atom. The van der Waals surface area contributed by atoms with Crippen molar-refractivity contribution >= 4 is 18.5 Å². The van der Waals surface area contributed by atoms with Gasteiger partial charge in [-0.25, -0.2) is 0 Å². The summed E-state index contributed by atoms with van der Waals surface area (Å²) in [4.78, 5) is 2.64. The predicted molar refractivity (Wildman–Crippen MR) is 95.8 cm³/mol. The molecule has 0 spiro atoms. The number of unbranched alkanes of at least 4 members (excludes halogenated alkanes) is 1. The van der Waals surface area contributed by atoms with Crippen molar-refractivity contribution in [1.82, 2.24) is 4.90 Å². The van der Waals surface area contributed by atoms with E-state index in [0.29, 0.717) is 6.04 Å². The quantitative estimate of drug-likeness (QED) is 0.699. The van der Waals surface area contributed by atoms with Crippen LogP contribution < -0.4 is 4.74 Å². The Morgan fingerprint density at radius 3 is 2.50 bits per heavy atom. The minimum Gasteiger partial charge on any atom is -0.494 e. The lowest BCUT2D eigenvalue weighted by atomic mass is 9.83. The summed E-state index contributed by atoms with van der Waals surface area (Å²) >= 11 is 0. The molecule has 1 aromatic rings. The van der Waals surface area contributed by atoms with Crippen LogP contribution in [0.2, 0.25) is 0 Å². The number of hydrogen-bond donors (Lipinski definition) is 0. The highest BCUT2D eigenvalue weighted by molar-refractivity contribution is 5.85. The van der Waals surface area contributed by atoms with Crippen molar-refractivity contribution in [3.63, 3.8) is 0 Å². The molecule has 3 aliphatic rings. The molecule has 0 radical (unpaired) electrons. The lowest BCUT2D eigenvalue weighted by Gasteiger charge is -2.44. The van der Waals surface area contributed by atoms with Gasteiger partial charge in [0.15, 0.2) is 0 Å². The number of hydrogen-bond acceptors (Lipinski definition) is 2. The van der Waals surface area contributed by atoms with Crippen molar-refractivity contribution in [3.8, 4) is 5.75 Å². The number of piperidine rings is 3. The van der Waals surface area contributed by atoms with E-state index in [2.05, 4.69) is 48.2 Å². The first kappa shape index (κ1) is 17.4. The Hall–Kier alpha value is -0.990. The number of ether oxygens (including phenoxy) is 1. The second kappa shape index (κ2) is 8.59. The zero-order valence-electron chi connectivity index (χ0n) is 13.5. The standard InChI is InChI=1S/C19H27NO.ClH/c1-2-3-14-21-19-8-5-16(6-9-19)4-7-18-15-17-10-12-20(18)13-11-17;/h4-9,17-18H,2-3,10-15H2,1H3;1H. The van der Waals surface area contributed by atoms with Crippen LogP contribution in [0, 0.1) is 5.92 Å². The van der Waals surface area contributed by atoms with E-state index in [4.69, 9.17) is 4.74 Å². The maximum absolute atomic E-state index is 5.70. The van der Waals surface area contributed by atoms with Crippen molar-refractivity contribution in [1.29, 1.82) is 0 Å². The molecule has 1 unspecified atom stereocenters. The first-order valence-electron chi connectivity index (χ1n) is 8.50. The predicted octanol–water partition coefficient (Wildman–Crippen LogP) is 4.78. The summed E-state index contributed by atoms with van der Waals surface area (Å²) in [5, 5.41) is 0. The zero-order valence-corrected chi connectivity index (χ0v) is 14.4. The largest absolute Gasteiger partial charge is 0.494 e. The van der Waals surface area contributed by atoms with Gasteiger partial charge in [0.05, 0.1) is 6.61 Å². The Bertz CT molecular complexity index is 463. The minimum absolute atomic E-state index is 0. The van der Waals surface area contributed by atoms with Gasteiger partial charge in [0.25, 0.3) is 0 Å². The molecule has 0 aliphatic carbocycles. The third-order valence-electron chi connectivity index (χ3n) is 4.85. The van der Waals surface area contributed by atoms with E-state index in [1.807, 2.05) is 0 Å². The molecular formula is C19H28ClNO. The van der Waals surface area contributed by atoms with Gasteiger partial charge in [-0.05, 0) is 62.4 Å². The van der Waals surface area contributed by atoms with Gasteiger partial charge in [-0.2, -0.15) is 0 Å². The lowest BCUT2D eigenvalue weighted by molar-refractivity contribution is 0.0740. The van der Waals surface area contributed by atoms with Crippen LogP contribution >= 0.6 is 12.4 Å². The highest BCUT2D eigenvalue weighted by atomic mass is 35.5. The molecule has 0 N–H and O–H groups in total. The topological polar surface area (TPSA) is 12.5 Å². The molecule has 3 heterocycles. The van der Waals surface area contributed by atoms with Crippen molar-refractivity contribution in [3.05, 3.63) is 35.9 Å². The van der Waals surface area contributed by atoms with Crippen LogP contribution in [0.15, 0.2) is 30.3 Å². The van der Waals surface area contributed by atoms with E-state index in [0.717, 1.165) is 24.7 Å². The Labute approximate surface area is 141 Å². The Kier molecular flexibility index (Phi) is 6.78. The van der Waals surface area contributed by atoms with E-state index in [-0.39, 0.29) is 12.4 Å². The summed E-state index contributed by atoms with van der Waals surface area (Å²) in [5.74, 6) is 1.96. The fourth-order valence-electron chi connectivity index (χ4n) is 3.44. The van der Waals surface area contributed by atoms with Crippen LogP contribution in [-0.4, -0.2) is 30.6 Å². The molecule has 22 heavy (non-hydrogen) atoms. The van der Waals surface area contributed by atoms with E-state index >= 15 is 0 Å². The normalized spacial score (nSPS) is 26.9. The van der Waals surface area contributed by atoms with Crippen LogP contribution in [0.3, 0.4) is 0 Å². The van der Waals surface area contributed by atoms with Crippen molar-refractivity contribution in [2.45, 2.75) is 45.1 Å². The van der Waals surface area contributed by atoms with Gasteiger partial charge >= 0.3 is 0 Å². The summed E-state index contributed by atoms with van der Waals surface area (Å²) in [5.41, 5.74) is 1.28. The smallest absolute Gasteiger partial charge is 0.119 e. The van der Waals surface area contributed by atoms with Gasteiger partial charge in [0, 0.05) is 6.04 Å². The van der Waals surface area contributed by atoms with Crippen molar-refractivity contribution in [2.24, 2.45) is 5.92 Å². The molecular weight excluding hydrogens is 294 g/mol. The molecule has 2 bridgehead atoms. The Balaban J connectivity index is 0.00000176. The SMILES string of the molecule is CCCCOc1ccc(C=CC2CC3CCN2CC3)cc1.Cl. The highest BCUT2D eigenvalue weighted by Gasteiger charge is 2.31. The molecule has 0 aromatic heterocycles. The minimum atomic E-state index is 0. The zero-order chi connectivity index (χ0) is 14.5. The fraction of sp³-hybridized carbons (Fsp3) is 0.579. The summed E-state index contributed by atoms with van der Waals surface area (Å²) in [6, 6.07) is 9.16. The van der Waals surface area contributed by atoms with Gasteiger partial charge in [0.1, 0.15) is 5.75 Å². The third kappa shape index (κ3) is 4.50. The first-order chi connectivity index (χ1) is 10.3. The maximum atomic E-state index is 5.70. The van der Waals surface area contributed by atoms with E-state index in [9.17, 15) is 0 Å². The average molecular weight is 322 g/mol. The molecule has 4 rings (SSSR count). The average Bonchev–Trinajstić information content (AvgIpc) is 2.55. The van der Waals surface area contributed by atoms with Crippen LogP contribution in [0.4, 0.5) is 0 Å². The fourth-order valence-corrected chi connectivity index (χ4v) is 3.44. The maximum Gasteiger partial charge on any atom is 0.119 e. The van der Waals surface area contributed by atoms with Gasteiger partial charge in [-0.1, -0.05) is 37.6 Å². The second-order valence-corrected chi connectivity index (χ2v) is 6.41. The van der Waals surface area contributed by atoms with Crippen LogP contribution in [0.1, 0.15) is 44.6 Å². The molecule has 0 saturated carbocycles. The number of rotatable bonds is 6. The Morgan fingerprint density at radius 1 is 1.18 bits per heavy atom. The van der Waals surface area contributed by atoms with Crippen LogP contribution in [-0.2, 0) is 0 Å². The van der Waals surface area contributed by atoms with Crippen LogP contribution in [0.25, 0.3) is 6.08 Å². The van der Waals surface area contributed by atoms with E-state index in [1.54, 1.807) is 0 Å². The molecule has 3 aliphatic heterocycles. The lowest BCUT2D eigenvalue weighted by Crippen LogP contribution is -2.47. The summed E-state index contributed by atoms with van der Waals surface area (Å²) in [6.07, 6.45) is 11.2. The number of halogens is 1. The highest BCUT2D eigenvalue weighted by Crippen LogP contribution is 2.32. The summed E-state index contributed by atoms with van der Waals surface area (Å²) in [7, 11) is 0. The first-order valence-corrected chi connectivity index (χ1v) is 8.50. The van der Waals surface area contributed by atoms with Gasteiger partial charge in [-0.3, -0.25) is 4.90 Å². The second-order valence-electron chi connectivity index (χ2n) is 6.41. The molecule has 3 saturated heterocycles. The van der Waals surface area contributed by atoms with Crippen molar-refractivity contribution < 1.29 is 4.74 Å². The molecule has 1 atom stereocenters. The van der Waals surface area contributed by atoms with Crippen LogP contribution in [0.5, 0.6) is 5.75 Å². The number of fused-ring (bicyclic) bond motifs is 3. The molecule has 3 heteroatoms. The molecule has 0 amide bonds. The van der Waals surface area contributed by atoms with E-state index < -0.39 is 0 Å². The molecule has 3 fully saturated rings. The summed E-state index contributed by atoms with van der Waals surface area (Å²) < 4.78 is 5.70. The number of nitrogens with zero attached hydrogens (tertiary/aromatic N) is 1. The van der Waals surface area contributed by atoms with E-state index in [1.165, 1.54) is 44.3 Å². The van der Waals surface area contributed by atoms with Gasteiger partial charge in [0.2, 0.25) is 0 Å². The van der Waals surface area contributed by atoms with Gasteiger partial charge < -0.3 is 4.74 Å². The van der Waals surface area contributed by atoms with Crippen molar-refractivity contribution in [2.75, 3.05) is 19.7 Å². The number of benzene rings is 1. The summed E-state index contributed by atoms with van der Waals surface area (Å²) in [6.45, 7) is 5.60. The monoisotopic (exact) mass is 321 g/mol. The molecule has 2 nitrogen and oxygen atoms in total. The molecule has 122 valence electrons.